The van der Waals surface area contributed by atoms with E-state index in [1.165, 1.54) is 24.5 Å². The lowest BCUT2D eigenvalue weighted by atomic mass is 10.1. The lowest BCUT2D eigenvalue weighted by molar-refractivity contribution is -0.0549. The molecule has 2 fully saturated rings. The number of ether oxygens (including phenoxy) is 3. The van der Waals surface area contributed by atoms with E-state index in [0.717, 1.165) is 9.13 Å². The van der Waals surface area contributed by atoms with Gasteiger partial charge < -0.3 is 55.9 Å². The summed E-state index contributed by atoms with van der Waals surface area (Å²) in [5.74, 6) is -1.60. The molecule has 2 unspecified atom stereocenters. The highest BCUT2D eigenvalue weighted by Gasteiger charge is 2.44. The Hall–Kier alpha value is -6.49. The quantitative estimate of drug-likeness (QED) is 0.0704. The molecule has 1 amide bonds. The Morgan fingerprint density at radius 3 is 1.41 bits per heavy atom. The average Bonchev–Trinajstić information content (AvgIpc) is 3.70. The van der Waals surface area contributed by atoms with Crippen LogP contribution in [-0.4, -0.2) is 117 Å². The second-order valence-corrected chi connectivity index (χ2v) is 12.7. The minimum Gasteiger partial charge on any atom is -0.394 e. The first-order valence-electron chi connectivity index (χ1n) is 17.7. The third-order valence-electron chi connectivity index (χ3n) is 8.75. The number of aliphatic hydroxyl groups excluding tert-OH is 6. The predicted molar refractivity (Wildman–Crippen MR) is 204 cm³/mol. The molecule has 2 saturated heterocycles. The lowest BCUT2D eigenvalue weighted by Crippen LogP contribution is -2.36. The van der Waals surface area contributed by atoms with E-state index in [2.05, 4.69) is 15.3 Å². The maximum Gasteiger partial charge on any atom is 0.351 e. The average molecular weight is 817 g/mol. The van der Waals surface area contributed by atoms with Crippen molar-refractivity contribution in [3.05, 3.63) is 153 Å². The van der Waals surface area contributed by atoms with Crippen molar-refractivity contribution in [1.82, 2.24) is 19.1 Å². The molecule has 5 aromatic rings. The van der Waals surface area contributed by atoms with E-state index in [9.17, 15) is 44.4 Å². The van der Waals surface area contributed by atoms with E-state index in [0.29, 0.717) is 16.7 Å². The van der Waals surface area contributed by atoms with Gasteiger partial charge in [0.25, 0.3) is 5.91 Å². The fourth-order valence-electron chi connectivity index (χ4n) is 5.64. The minimum absolute atomic E-state index is 0.0434. The third-order valence-corrected chi connectivity index (χ3v) is 8.75. The van der Waals surface area contributed by atoms with Crippen LogP contribution in [0, 0.1) is 0 Å². The van der Waals surface area contributed by atoms with E-state index >= 15 is 0 Å². The minimum atomic E-state index is -1.39. The van der Waals surface area contributed by atoms with Crippen molar-refractivity contribution in [2.24, 2.45) is 0 Å². The van der Waals surface area contributed by atoms with Crippen molar-refractivity contribution in [1.29, 1.82) is 0 Å². The molecular formula is C39H40N6O14. The predicted octanol–water partition coefficient (Wildman–Crippen LogP) is -0.772. The van der Waals surface area contributed by atoms with Gasteiger partial charge in [0, 0.05) is 18.0 Å². The Morgan fingerprint density at radius 2 is 1.02 bits per heavy atom. The van der Waals surface area contributed by atoms with Crippen LogP contribution in [0.1, 0.15) is 43.5 Å². The molecule has 7 rings (SSSR count). The molecule has 8 atom stereocenters. The molecule has 310 valence electrons. The Morgan fingerprint density at radius 1 is 0.610 bits per heavy atom. The molecule has 2 aliphatic rings. The van der Waals surface area contributed by atoms with Crippen LogP contribution in [-0.2, 0) is 14.2 Å². The summed E-state index contributed by atoms with van der Waals surface area (Å²) in [5, 5.41) is 59.5. The molecule has 4 heterocycles. The molecule has 0 spiro atoms. The van der Waals surface area contributed by atoms with Crippen LogP contribution in [0.4, 0.5) is 11.6 Å². The van der Waals surface area contributed by atoms with E-state index in [-0.39, 0.29) is 11.6 Å². The van der Waals surface area contributed by atoms with Gasteiger partial charge in [0.05, 0.1) is 24.3 Å². The molecule has 2 aromatic heterocycles. The van der Waals surface area contributed by atoms with Gasteiger partial charge in [-0.25, -0.2) is 19.2 Å². The molecule has 59 heavy (non-hydrogen) atoms. The number of aromatic nitrogens is 4. The monoisotopic (exact) mass is 816 g/mol. The number of benzene rings is 3. The van der Waals surface area contributed by atoms with Gasteiger partial charge in [-0.05, 0) is 48.5 Å². The van der Waals surface area contributed by atoms with Gasteiger partial charge in [-0.2, -0.15) is 9.97 Å². The van der Waals surface area contributed by atoms with Crippen LogP contribution in [0.2, 0.25) is 0 Å². The lowest BCUT2D eigenvalue weighted by Gasteiger charge is -2.17. The zero-order valence-electron chi connectivity index (χ0n) is 30.8. The summed E-state index contributed by atoms with van der Waals surface area (Å²) in [6.07, 6.45) is -6.86. The maximum atomic E-state index is 12.2. The Bertz CT molecular complexity index is 2250. The van der Waals surface area contributed by atoms with Crippen molar-refractivity contribution in [3.63, 3.8) is 0 Å². The van der Waals surface area contributed by atoms with Crippen LogP contribution in [0.25, 0.3) is 0 Å². The number of hydrogen-bond acceptors (Lipinski definition) is 17. The summed E-state index contributed by atoms with van der Waals surface area (Å²) in [7, 11) is 0. The number of hydrogen-bond donors (Lipinski definition) is 8. The third kappa shape index (κ3) is 10.9. The first-order valence-corrected chi connectivity index (χ1v) is 17.7. The molecule has 3 aromatic carbocycles. The van der Waals surface area contributed by atoms with Crippen molar-refractivity contribution < 1.29 is 59.2 Å². The number of nitrogens with two attached hydrogens (primary N) is 1. The molecule has 0 radical (unpaired) electrons. The molecule has 0 saturated carbocycles. The molecule has 20 nitrogen and oxygen atoms in total. The molecule has 20 heteroatoms. The van der Waals surface area contributed by atoms with Gasteiger partial charge in [0.15, 0.2) is 12.5 Å². The number of carbonyl (C=O) groups is 3. The van der Waals surface area contributed by atoms with Gasteiger partial charge in [0.2, 0.25) is 0 Å². The Labute approximate surface area is 334 Å². The summed E-state index contributed by atoms with van der Waals surface area (Å²) in [6, 6.07) is 28.0. The van der Waals surface area contributed by atoms with Crippen molar-refractivity contribution in [2.45, 2.75) is 49.1 Å². The Kier molecular flexibility index (Phi) is 15.0. The number of nitrogens with one attached hydrogen (secondary N) is 1. The number of rotatable bonds is 8. The van der Waals surface area contributed by atoms with Gasteiger partial charge in [-0.3, -0.25) is 13.9 Å². The van der Waals surface area contributed by atoms with Crippen LogP contribution in [0.3, 0.4) is 0 Å². The molecule has 0 aliphatic carbocycles. The van der Waals surface area contributed by atoms with Crippen LogP contribution >= 0.6 is 0 Å². The van der Waals surface area contributed by atoms with Gasteiger partial charge in [0.1, 0.15) is 48.3 Å². The van der Waals surface area contributed by atoms with E-state index in [1.807, 2.05) is 0 Å². The number of esters is 2. The second-order valence-electron chi connectivity index (χ2n) is 12.7. The summed E-state index contributed by atoms with van der Waals surface area (Å²) >= 11 is 0. The first-order chi connectivity index (χ1) is 28.3. The highest BCUT2D eigenvalue weighted by atomic mass is 16.6. The SMILES string of the molecule is Nc1ccn([C@@H]2O[C@H](CO)C(O)[C@@H]2O)c(=O)n1.O=C(Nc1ccn([C@@H]2O[C@H](CO)C(O)[C@@H]2O)c(=O)n1)c1ccccc1.O=C(OC(=O)c1ccccc1)c1ccccc1. The molecular weight excluding hydrogens is 776 g/mol. The maximum absolute atomic E-state index is 12.2. The highest BCUT2D eigenvalue weighted by Crippen LogP contribution is 2.29. The topological polar surface area (TPSA) is 308 Å². The van der Waals surface area contributed by atoms with E-state index in [4.69, 9.17) is 30.2 Å². The fraction of sp³-hybridized carbons (Fsp3) is 0.256. The van der Waals surface area contributed by atoms with Crippen LogP contribution < -0.4 is 22.4 Å². The van der Waals surface area contributed by atoms with Crippen LogP contribution in [0.5, 0.6) is 0 Å². The number of nitrogen functional groups attached to an aromatic ring is 1. The van der Waals surface area contributed by atoms with E-state index in [1.54, 1.807) is 91.0 Å². The van der Waals surface area contributed by atoms with Gasteiger partial charge in [-0.1, -0.05) is 54.6 Å². The number of amides is 1. The molecule has 2 aliphatic heterocycles. The fourth-order valence-corrected chi connectivity index (χ4v) is 5.64. The van der Waals surface area contributed by atoms with E-state index < -0.39 is 91.5 Å². The summed E-state index contributed by atoms with van der Waals surface area (Å²) in [4.78, 5) is 66.1. The van der Waals surface area contributed by atoms with Crippen molar-refractivity contribution in [2.75, 3.05) is 24.3 Å². The second kappa shape index (κ2) is 20.3. The number of aliphatic hydroxyl groups is 6. The smallest absolute Gasteiger partial charge is 0.351 e. The van der Waals surface area contributed by atoms with Crippen molar-refractivity contribution >= 4 is 29.5 Å². The summed E-state index contributed by atoms with van der Waals surface area (Å²) in [5.41, 5.74) is 4.98. The van der Waals surface area contributed by atoms with Gasteiger partial charge in [-0.15, -0.1) is 0 Å². The van der Waals surface area contributed by atoms with Gasteiger partial charge >= 0.3 is 23.3 Å². The number of anilines is 2. The zero-order chi connectivity index (χ0) is 42.6. The molecule has 9 N–H and O–H groups in total. The number of nitrogens with zero attached hydrogens (tertiary/aromatic N) is 4. The molecule has 0 bridgehead atoms. The largest absolute Gasteiger partial charge is 0.394 e. The standard InChI is InChI=1S/C16H17N3O6.C14H10O3.C9H13N3O5/c20-8-10-12(21)13(22)15(25-10)19-7-6-11(18-16(19)24)17-14(23)9-4-2-1-3-5-9;15-13(11-7-3-1-4-8-11)17-14(16)12-9-5-2-6-10-12;10-5-1-2-12(9(16)11-5)8-7(15)6(14)4(3-13)17-8/h1-7,10,12-13,15,20-22H,8H2,(H,17,18,23,24);1-10H;1-2,4,6-8,13-15H,3H2,(H2,10,11,16)/t10-,12?,13+,15-;;4-,6?,7+,8-/m1.1/s1. The van der Waals surface area contributed by atoms with Crippen molar-refractivity contribution in [3.8, 4) is 0 Å². The number of carbonyl (C=O) groups excluding carboxylic acids is 3. The zero-order valence-corrected chi connectivity index (χ0v) is 30.8. The van der Waals surface area contributed by atoms with Crippen LogP contribution in [0.15, 0.2) is 125 Å². The summed E-state index contributed by atoms with van der Waals surface area (Å²) < 4.78 is 17.2. The first kappa shape index (κ1) is 43.6. The Balaban J connectivity index is 0.000000173. The summed E-state index contributed by atoms with van der Waals surface area (Å²) in [6.45, 7) is -0.950. The normalized spacial score (nSPS) is 23.2. The highest BCUT2D eigenvalue weighted by molar-refractivity contribution is 6.03.